The highest BCUT2D eigenvalue weighted by atomic mass is 32.1. The summed E-state index contributed by atoms with van der Waals surface area (Å²) in [4.78, 5) is 32.2. The zero-order valence-electron chi connectivity index (χ0n) is 16.5. The van der Waals surface area contributed by atoms with Gasteiger partial charge in [0.15, 0.2) is 0 Å². The van der Waals surface area contributed by atoms with Crippen LogP contribution in [0.4, 0.5) is 5.82 Å². The number of aliphatic hydroxyl groups excluding tert-OH is 1. The van der Waals surface area contributed by atoms with E-state index in [-0.39, 0.29) is 17.4 Å². The van der Waals surface area contributed by atoms with E-state index in [0.29, 0.717) is 17.1 Å². The monoisotopic (exact) mass is 420 g/mol. The number of ether oxygens (including phenoxy) is 1. The summed E-state index contributed by atoms with van der Waals surface area (Å²) in [5.74, 6) is -0.656. The highest BCUT2D eigenvalue weighted by Crippen LogP contribution is 2.42. The second-order valence-electron chi connectivity index (χ2n) is 7.06. The van der Waals surface area contributed by atoms with E-state index in [1.807, 2.05) is 31.4 Å². The van der Waals surface area contributed by atoms with Gasteiger partial charge in [0.1, 0.15) is 23.4 Å². The Bertz CT molecular complexity index is 1090. The van der Waals surface area contributed by atoms with Gasteiger partial charge in [-0.15, -0.1) is 11.3 Å². The lowest BCUT2D eigenvalue weighted by molar-refractivity contribution is -0.132. The molecule has 2 aromatic heterocycles. The predicted octanol–water partition coefficient (Wildman–Crippen LogP) is 4.56. The molecule has 152 valence electrons. The Labute approximate surface area is 178 Å². The molecule has 30 heavy (non-hydrogen) atoms. The molecule has 3 heterocycles. The van der Waals surface area contributed by atoms with Gasteiger partial charge in [0.25, 0.3) is 5.78 Å². The smallest absolute Gasteiger partial charge is 0.301 e. The van der Waals surface area contributed by atoms with Crippen LogP contribution >= 0.6 is 11.3 Å². The van der Waals surface area contributed by atoms with Gasteiger partial charge >= 0.3 is 5.91 Å². The number of hydrogen-bond acceptors (Lipinski definition) is 6. The van der Waals surface area contributed by atoms with Gasteiger partial charge in [0.2, 0.25) is 0 Å². The van der Waals surface area contributed by atoms with Gasteiger partial charge < -0.3 is 9.84 Å². The molecule has 1 atom stereocenters. The molecule has 1 aliphatic heterocycles. The molecule has 1 amide bonds. The van der Waals surface area contributed by atoms with Crippen LogP contribution in [0.5, 0.6) is 5.75 Å². The minimum absolute atomic E-state index is 0.0203. The van der Waals surface area contributed by atoms with Gasteiger partial charge in [0, 0.05) is 16.6 Å². The van der Waals surface area contributed by atoms with Crippen LogP contribution in [0.3, 0.4) is 0 Å². The van der Waals surface area contributed by atoms with E-state index in [2.05, 4.69) is 4.98 Å². The number of ketones is 1. The Kier molecular flexibility index (Phi) is 5.37. The molecule has 1 fully saturated rings. The van der Waals surface area contributed by atoms with Crippen molar-refractivity contribution in [3.63, 3.8) is 0 Å². The second kappa shape index (κ2) is 8.12. The molecule has 1 aromatic carbocycles. The van der Waals surface area contributed by atoms with Crippen molar-refractivity contribution in [2.75, 3.05) is 4.90 Å². The number of aliphatic hydroxyl groups is 1. The third-order valence-corrected chi connectivity index (χ3v) is 5.58. The number of carbonyl (C=O) groups is 2. The number of benzene rings is 1. The summed E-state index contributed by atoms with van der Waals surface area (Å²) in [6.45, 7) is 3.85. The first-order valence-corrected chi connectivity index (χ1v) is 10.4. The highest BCUT2D eigenvalue weighted by Gasteiger charge is 2.47. The van der Waals surface area contributed by atoms with E-state index in [1.165, 1.54) is 16.2 Å². The largest absolute Gasteiger partial charge is 0.507 e. The molecular weight excluding hydrogens is 400 g/mol. The van der Waals surface area contributed by atoms with Gasteiger partial charge in [0.05, 0.1) is 11.7 Å². The SMILES string of the molecule is CC(C)Oc1ccc(/C(O)=C2\C(=O)C(=O)N(c3ccccn3)C2c2cccs2)cc1. The van der Waals surface area contributed by atoms with E-state index in [1.54, 1.807) is 48.7 Å². The molecule has 0 bridgehead atoms. The van der Waals surface area contributed by atoms with Gasteiger partial charge in [-0.3, -0.25) is 14.5 Å². The first-order chi connectivity index (χ1) is 14.5. The van der Waals surface area contributed by atoms with Crippen molar-refractivity contribution in [1.82, 2.24) is 4.98 Å². The summed E-state index contributed by atoms with van der Waals surface area (Å²) in [7, 11) is 0. The molecular formula is C23H20N2O4S. The number of hydrogen-bond donors (Lipinski definition) is 1. The molecule has 6 nitrogen and oxygen atoms in total. The molecule has 0 aliphatic carbocycles. The van der Waals surface area contributed by atoms with Crippen LogP contribution in [0.1, 0.15) is 30.3 Å². The number of carbonyl (C=O) groups excluding carboxylic acids is 2. The van der Waals surface area contributed by atoms with Crippen LogP contribution in [0.2, 0.25) is 0 Å². The van der Waals surface area contributed by atoms with Crippen molar-refractivity contribution in [3.05, 3.63) is 82.2 Å². The van der Waals surface area contributed by atoms with Crippen LogP contribution in [0.25, 0.3) is 5.76 Å². The molecule has 1 aliphatic rings. The van der Waals surface area contributed by atoms with E-state index in [4.69, 9.17) is 4.74 Å². The molecule has 0 spiro atoms. The molecule has 1 unspecified atom stereocenters. The Morgan fingerprint density at radius 1 is 1.10 bits per heavy atom. The maximum atomic E-state index is 13.0. The third-order valence-electron chi connectivity index (χ3n) is 4.65. The number of amides is 1. The van der Waals surface area contributed by atoms with Crippen LogP contribution in [0.15, 0.2) is 71.7 Å². The standard InChI is InChI=1S/C23H20N2O4S/c1-14(2)29-16-10-8-15(9-11-16)21(26)19-20(17-6-5-13-30-17)25(23(28)22(19)27)18-7-3-4-12-24-18/h3-14,20,26H,1-2H3/b21-19+. The Hall–Kier alpha value is -3.45. The normalized spacial score (nSPS) is 18.2. The number of anilines is 1. The zero-order valence-corrected chi connectivity index (χ0v) is 17.3. The van der Waals surface area contributed by atoms with E-state index in [9.17, 15) is 14.7 Å². The summed E-state index contributed by atoms with van der Waals surface area (Å²) in [5, 5.41) is 12.9. The minimum atomic E-state index is -0.744. The molecule has 1 N–H and O–H groups in total. The topological polar surface area (TPSA) is 79.7 Å². The van der Waals surface area contributed by atoms with Gasteiger partial charge in [-0.25, -0.2) is 4.98 Å². The number of rotatable bonds is 5. The predicted molar refractivity (Wildman–Crippen MR) is 116 cm³/mol. The van der Waals surface area contributed by atoms with Gasteiger partial charge in [-0.2, -0.15) is 0 Å². The lowest BCUT2D eigenvalue weighted by Crippen LogP contribution is -2.29. The molecule has 0 saturated carbocycles. The summed E-state index contributed by atoms with van der Waals surface area (Å²) in [6.07, 6.45) is 1.58. The first-order valence-electron chi connectivity index (χ1n) is 9.50. The fourth-order valence-corrected chi connectivity index (χ4v) is 4.22. The Morgan fingerprint density at radius 2 is 1.87 bits per heavy atom. The van der Waals surface area contributed by atoms with Crippen LogP contribution in [0, 0.1) is 0 Å². The number of Topliss-reactive ketones (excluding diaryl/α,β-unsaturated/α-hetero) is 1. The van der Waals surface area contributed by atoms with E-state index < -0.39 is 17.7 Å². The number of pyridine rings is 1. The minimum Gasteiger partial charge on any atom is -0.507 e. The highest BCUT2D eigenvalue weighted by molar-refractivity contribution is 7.10. The van der Waals surface area contributed by atoms with E-state index in [0.717, 1.165) is 4.88 Å². The Morgan fingerprint density at radius 3 is 2.47 bits per heavy atom. The van der Waals surface area contributed by atoms with Crippen molar-refractivity contribution in [2.45, 2.75) is 26.0 Å². The number of aromatic nitrogens is 1. The van der Waals surface area contributed by atoms with Crippen LogP contribution < -0.4 is 9.64 Å². The quantitative estimate of drug-likeness (QED) is 0.372. The summed E-state index contributed by atoms with van der Waals surface area (Å²) in [6, 6.07) is 14.9. The molecule has 4 rings (SSSR count). The molecule has 0 radical (unpaired) electrons. The fraction of sp³-hybridized carbons (Fsp3) is 0.174. The Balaban J connectivity index is 1.82. The maximum Gasteiger partial charge on any atom is 0.301 e. The average Bonchev–Trinajstić information content (AvgIpc) is 3.35. The van der Waals surface area contributed by atoms with Gasteiger partial charge in [-0.05, 0) is 61.7 Å². The van der Waals surface area contributed by atoms with Crippen LogP contribution in [-0.4, -0.2) is 27.9 Å². The lowest BCUT2D eigenvalue weighted by atomic mass is 10.00. The summed E-state index contributed by atoms with van der Waals surface area (Å²) < 4.78 is 5.63. The maximum absolute atomic E-state index is 13.0. The zero-order chi connectivity index (χ0) is 21.3. The number of nitrogens with zero attached hydrogens (tertiary/aromatic N) is 2. The van der Waals surface area contributed by atoms with Crippen molar-refractivity contribution in [3.8, 4) is 5.75 Å². The van der Waals surface area contributed by atoms with Gasteiger partial charge in [-0.1, -0.05) is 12.1 Å². The van der Waals surface area contributed by atoms with Crippen molar-refractivity contribution in [2.24, 2.45) is 0 Å². The van der Waals surface area contributed by atoms with Crippen molar-refractivity contribution < 1.29 is 19.4 Å². The average molecular weight is 420 g/mol. The van der Waals surface area contributed by atoms with Crippen LogP contribution in [-0.2, 0) is 9.59 Å². The first kappa shape index (κ1) is 19.8. The molecule has 7 heteroatoms. The lowest BCUT2D eigenvalue weighted by Gasteiger charge is -2.23. The summed E-state index contributed by atoms with van der Waals surface area (Å²) >= 11 is 1.41. The molecule has 3 aromatic rings. The third kappa shape index (κ3) is 3.59. The van der Waals surface area contributed by atoms with E-state index >= 15 is 0 Å². The fourth-order valence-electron chi connectivity index (χ4n) is 3.40. The van der Waals surface area contributed by atoms with Crippen molar-refractivity contribution >= 4 is 34.6 Å². The summed E-state index contributed by atoms with van der Waals surface area (Å²) in [5.41, 5.74) is 0.484. The second-order valence-corrected chi connectivity index (χ2v) is 8.04. The molecule has 1 saturated heterocycles. The van der Waals surface area contributed by atoms with Crippen molar-refractivity contribution in [1.29, 1.82) is 0 Å². The number of thiophene rings is 1.